The van der Waals surface area contributed by atoms with Gasteiger partial charge < -0.3 is 9.80 Å². The minimum Gasteiger partial charge on any atom is -0.366 e. The van der Waals surface area contributed by atoms with Crippen LogP contribution in [0.2, 0.25) is 0 Å². The second-order valence-electron chi connectivity index (χ2n) is 7.61. The van der Waals surface area contributed by atoms with Gasteiger partial charge in [0.25, 0.3) is 5.69 Å². The van der Waals surface area contributed by atoms with Crippen molar-refractivity contribution in [3.8, 4) is 6.07 Å². The third-order valence-electron chi connectivity index (χ3n) is 5.93. The predicted molar refractivity (Wildman–Crippen MR) is 108 cm³/mol. The molecule has 2 heterocycles. The molecule has 0 spiro atoms. The van der Waals surface area contributed by atoms with Gasteiger partial charge in [-0.15, -0.1) is 0 Å². The van der Waals surface area contributed by atoms with Gasteiger partial charge in [0.2, 0.25) is 5.91 Å². The molecule has 2 aromatic rings. The molecule has 0 unspecified atom stereocenters. The van der Waals surface area contributed by atoms with Gasteiger partial charge in [0.05, 0.1) is 16.6 Å². The number of nitro groups is 1. The van der Waals surface area contributed by atoms with E-state index < -0.39 is 4.92 Å². The average Bonchev–Trinajstić information content (AvgIpc) is 2.78. The Kier molecular flexibility index (Phi) is 5.17. The summed E-state index contributed by atoms with van der Waals surface area (Å²) < 4.78 is 0. The van der Waals surface area contributed by atoms with Crippen LogP contribution in [-0.4, -0.2) is 35.4 Å². The van der Waals surface area contributed by atoms with Crippen molar-refractivity contribution < 1.29 is 9.72 Å². The zero-order chi connectivity index (χ0) is 20.4. The van der Waals surface area contributed by atoms with E-state index in [-0.39, 0.29) is 23.1 Å². The number of hydrogen-bond donors (Lipinski definition) is 0. The normalized spacial score (nSPS) is 16.8. The lowest BCUT2D eigenvalue weighted by Crippen LogP contribution is -2.44. The number of fused-ring (bicyclic) bond motifs is 1. The number of hydrogen-bond acceptors (Lipinski definition) is 5. The van der Waals surface area contributed by atoms with E-state index in [4.69, 9.17) is 5.26 Å². The molecular formula is C22H22N4O3. The maximum Gasteiger partial charge on any atom is 0.293 e. The first kappa shape index (κ1) is 18.9. The van der Waals surface area contributed by atoms with Crippen LogP contribution in [0.25, 0.3) is 0 Å². The number of rotatable bonds is 3. The monoisotopic (exact) mass is 390 g/mol. The lowest BCUT2D eigenvalue weighted by Gasteiger charge is -2.36. The van der Waals surface area contributed by atoms with Crippen molar-refractivity contribution in [3.63, 3.8) is 0 Å². The van der Waals surface area contributed by atoms with Crippen LogP contribution >= 0.6 is 0 Å². The molecule has 7 nitrogen and oxygen atoms in total. The molecule has 1 fully saturated rings. The summed E-state index contributed by atoms with van der Waals surface area (Å²) >= 11 is 0. The molecule has 0 atom stereocenters. The zero-order valence-corrected chi connectivity index (χ0v) is 16.1. The quantitative estimate of drug-likeness (QED) is 0.593. The van der Waals surface area contributed by atoms with Crippen molar-refractivity contribution in [1.29, 1.82) is 5.26 Å². The van der Waals surface area contributed by atoms with Gasteiger partial charge >= 0.3 is 0 Å². The Labute approximate surface area is 169 Å². The van der Waals surface area contributed by atoms with Crippen LogP contribution in [0.3, 0.4) is 0 Å². The standard InChI is InChI=1S/C22H22N4O3/c23-14-16-5-6-20(21(13-16)26(28)29)24-10-8-18(9-11-24)22(27)25-12-7-17-3-1-2-4-19(17)15-25/h1-6,13,18H,7-12,15H2. The minimum absolute atomic E-state index is 0.0473. The van der Waals surface area contributed by atoms with Gasteiger partial charge in [0.1, 0.15) is 5.69 Å². The van der Waals surface area contributed by atoms with Crippen molar-refractivity contribution in [2.45, 2.75) is 25.8 Å². The first-order valence-electron chi connectivity index (χ1n) is 9.86. The number of carbonyl (C=O) groups excluding carboxylic acids is 1. The summed E-state index contributed by atoms with van der Waals surface area (Å²) in [6, 6.07) is 14.8. The van der Waals surface area contributed by atoms with Gasteiger partial charge in [-0.1, -0.05) is 24.3 Å². The first-order chi connectivity index (χ1) is 14.1. The molecule has 2 aromatic carbocycles. The molecule has 148 valence electrons. The third kappa shape index (κ3) is 3.79. The summed E-state index contributed by atoms with van der Waals surface area (Å²) in [4.78, 5) is 27.9. The van der Waals surface area contributed by atoms with Crippen LogP contribution < -0.4 is 4.90 Å². The van der Waals surface area contributed by atoms with Crippen molar-refractivity contribution in [2.75, 3.05) is 24.5 Å². The van der Waals surface area contributed by atoms with Crippen LogP contribution in [-0.2, 0) is 17.8 Å². The maximum absolute atomic E-state index is 13.0. The van der Waals surface area contributed by atoms with E-state index in [1.54, 1.807) is 12.1 Å². The van der Waals surface area contributed by atoms with Crippen LogP contribution in [0.5, 0.6) is 0 Å². The molecule has 4 rings (SSSR count). The van der Waals surface area contributed by atoms with E-state index in [9.17, 15) is 14.9 Å². The summed E-state index contributed by atoms with van der Waals surface area (Å²) in [5, 5.41) is 20.4. The smallest absolute Gasteiger partial charge is 0.293 e. The molecule has 0 aromatic heterocycles. The highest BCUT2D eigenvalue weighted by molar-refractivity contribution is 5.79. The zero-order valence-electron chi connectivity index (χ0n) is 16.1. The predicted octanol–water partition coefficient (Wildman–Crippen LogP) is 3.27. The molecule has 0 bridgehead atoms. The lowest BCUT2D eigenvalue weighted by molar-refractivity contribution is -0.384. The molecule has 0 saturated carbocycles. The summed E-state index contributed by atoms with van der Waals surface area (Å²) in [5.41, 5.74) is 3.28. The number of nitriles is 1. The number of nitrogens with zero attached hydrogens (tertiary/aromatic N) is 4. The van der Waals surface area contributed by atoms with Crippen LogP contribution in [0.1, 0.15) is 29.5 Å². The van der Waals surface area contributed by atoms with Crippen molar-refractivity contribution in [2.24, 2.45) is 5.92 Å². The van der Waals surface area contributed by atoms with Crippen molar-refractivity contribution >= 4 is 17.3 Å². The molecule has 0 aliphatic carbocycles. The molecule has 1 amide bonds. The highest BCUT2D eigenvalue weighted by atomic mass is 16.6. The lowest BCUT2D eigenvalue weighted by atomic mass is 9.92. The second kappa shape index (κ2) is 7.92. The first-order valence-corrected chi connectivity index (χ1v) is 9.86. The molecule has 7 heteroatoms. The highest BCUT2D eigenvalue weighted by Crippen LogP contribution is 2.33. The number of carbonyl (C=O) groups is 1. The SMILES string of the molecule is N#Cc1ccc(N2CCC(C(=O)N3CCc4ccccc4C3)CC2)c([N+](=O)[O-])c1. The van der Waals surface area contributed by atoms with Gasteiger partial charge in [-0.3, -0.25) is 14.9 Å². The largest absolute Gasteiger partial charge is 0.366 e. The Hall–Kier alpha value is -3.40. The summed E-state index contributed by atoms with van der Waals surface area (Å²) in [7, 11) is 0. The van der Waals surface area contributed by atoms with Gasteiger partial charge in [-0.05, 0) is 42.5 Å². The summed E-state index contributed by atoms with van der Waals surface area (Å²) in [6.45, 7) is 2.59. The van der Waals surface area contributed by atoms with Gasteiger partial charge in [0.15, 0.2) is 0 Å². The van der Waals surface area contributed by atoms with Crippen LogP contribution in [0.4, 0.5) is 11.4 Å². The van der Waals surface area contributed by atoms with E-state index in [0.29, 0.717) is 38.2 Å². The van der Waals surface area contributed by atoms with Crippen molar-refractivity contribution in [3.05, 3.63) is 69.3 Å². The fourth-order valence-electron chi connectivity index (χ4n) is 4.32. The molecule has 0 N–H and O–H groups in total. The van der Waals surface area contributed by atoms with E-state index >= 15 is 0 Å². The molecule has 2 aliphatic rings. The highest BCUT2D eigenvalue weighted by Gasteiger charge is 2.32. The Balaban J connectivity index is 1.42. The molecular weight excluding hydrogens is 368 g/mol. The third-order valence-corrected chi connectivity index (χ3v) is 5.93. The Bertz CT molecular complexity index is 990. The number of benzene rings is 2. The van der Waals surface area contributed by atoms with Crippen LogP contribution in [0, 0.1) is 27.4 Å². The number of amides is 1. The molecule has 29 heavy (non-hydrogen) atoms. The van der Waals surface area contributed by atoms with E-state index in [1.165, 1.54) is 17.2 Å². The van der Waals surface area contributed by atoms with Crippen molar-refractivity contribution in [1.82, 2.24) is 4.90 Å². The topological polar surface area (TPSA) is 90.5 Å². The van der Waals surface area contributed by atoms with E-state index in [2.05, 4.69) is 12.1 Å². The fraction of sp³-hybridized carbons (Fsp3) is 0.364. The Morgan fingerprint density at radius 1 is 1.10 bits per heavy atom. The fourth-order valence-corrected chi connectivity index (χ4v) is 4.32. The summed E-state index contributed by atoms with van der Waals surface area (Å²) in [6.07, 6.45) is 2.24. The van der Waals surface area contributed by atoms with E-state index in [1.807, 2.05) is 28.0 Å². The second-order valence-corrected chi connectivity index (χ2v) is 7.61. The number of anilines is 1. The summed E-state index contributed by atoms with van der Waals surface area (Å²) in [5.74, 6) is 0.141. The molecule has 1 saturated heterocycles. The van der Waals surface area contributed by atoms with Gasteiger partial charge in [-0.25, -0.2) is 0 Å². The minimum atomic E-state index is -0.446. The van der Waals surface area contributed by atoms with Gasteiger partial charge in [0, 0.05) is 38.2 Å². The molecule has 2 aliphatic heterocycles. The number of nitro benzene ring substituents is 1. The van der Waals surface area contributed by atoms with Gasteiger partial charge in [-0.2, -0.15) is 5.26 Å². The van der Waals surface area contributed by atoms with Crippen LogP contribution in [0.15, 0.2) is 42.5 Å². The Morgan fingerprint density at radius 2 is 1.83 bits per heavy atom. The Morgan fingerprint density at radius 3 is 2.52 bits per heavy atom. The molecule has 0 radical (unpaired) electrons. The number of piperidine rings is 1. The van der Waals surface area contributed by atoms with E-state index in [0.717, 1.165) is 13.0 Å². The maximum atomic E-state index is 13.0. The average molecular weight is 390 g/mol.